The maximum atomic E-state index is 13.7. The molecule has 1 amide bonds. The number of carbonyl (C=O) groups excluding carboxylic acids is 1. The Kier molecular flexibility index (Phi) is 5.11. The second-order valence-corrected chi connectivity index (χ2v) is 6.16. The maximum Gasteiger partial charge on any atom is 0.244 e. The van der Waals surface area contributed by atoms with Crippen molar-refractivity contribution in [3.8, 4) is 0 Å². The van der Waals surface area contributed by atoms with Gasteiger partial charge in [-0.2, -0.15) is 5.10 Å². The smallest absolute Gasteiger partial charge is 0.244 e. The van der Waals surface area contributed by atoms with Crippen molar-refractivity contribution in [2.75, 3.05) is 26.2 Å². The average Bonchev–Trinajstić information content (AvgIpc) is 2.97. The number of hydrogen-bond donors (Lipinski definition) is 0. The quantitative estimate of drug-likeness (QED) is 0.845. The average molecular weight is 355 g/mol. The Bertz CT molecular complexity index is 729. The number of carbonyl (C=O) groups is 1. The molecule has 24 heavy (non-hydrogen) atoms. The molecule has 1 aromatic heterocycles. The third-order valence-corrected chi connectivity index (χ3v) is 4.24. The van der Waals surface area contributed by atoms with Crippen LogP contribution in [-0.4, -0.2) is 51.7 Å². The van der Waals surface area contributed by atoms with Gasteiger partial charge in [-0.1, -0.05) is 23.7 Å². The fourth-order valence-corrected chi connectivity index (χ4v) is 2.89. The lowest BCUT2D eigenvalue weighted by molar-refractivity contribution is -0.133. The Balaban J connectivity index is 1.52. The number of piperazine rings is 1. The molecule has 1 aromatic carbocycles. The van der Waals surface area contributed by atoms with Crippen molar-refractivity contribution in [2.45, 2.75) is 13.1 Å². The first-order valence-corrected chi connectivity index (χ1v) is 8.01. The molecule has 1 fully saturated rings. The number of rotatable bonds is 4. The van der Waals surface area contributed by atoms with Gasteiger partial charge in [0.25, 0.3) is 0 Å². The first kappa shape index (κ1) is 16.9. The van der Waals surface area contributed by atoms with Gasteiger partial charge in [-0.15, -0.1) is 0 Å². The summed E-state index contributed by atoms with van der Waals surface area (Å²) in [5.41, 5.74) is 0.334. The van der Waals surface area contributed by atoms with Crippen molar-refractivity contribution >= 4 is 17.5 Å². The molecule has 0 saturated carbocycles. The van der Waals surface area contributed by atoms with Gasteiger partial charge in [0.15, 0.2) is 11.6 Å². The van der Waals surface area contributed by atoms with Crippen molar-refractivity contribution in [3.05, 3.63) is 52.8 Å². The second kappa shape index (κ2) is 7.27. The molecule has 3 rings (SSSR count). The molecule has 8 heteroatoms. The van der Waals surface area contributed by atoms with Gasteiger partial charge in [0.2, 0.25) is 5.91 Å². The Hall–Kier alpha value is -1.99. The topological polar surface area (TPSA) is 41.4 Å². The van der Waals surface area contributed by atoms with Crippen LogP contribution in [0.4, 0.5) is 8.78 Å². The molecule has 0 spiro atoms. The van der Waals surface area contributed by atoms with Crippen LogP contribution in [0.1, 0.15) is 5.56 Å². The Morgan fingerprint density at radius 3 is 2.62 bits per heavy atom. The Labute approximate surface area is 143 Å². The molecule has 0 aliphatic carbocycles. The third-order valence-electron chi connectivity index (χ3n) is 4.05. The summed E-state index contributed by atoms with van der Waals surface area (Å²) in [7, 11) is 0. The van der Waals surface area contributed by atoms with Crippen LogP contribution in [0.25, 0.3) is 0 Å². The molecule has 0 radical (unpaired) electrons. The summed E-state index contributed by atoms with van der Waals surface area (Å²) in [6, 6.07) is 4.19. The highest BCUT2D eigenvalue weighted by molar-refractivity contribution is 6.30. The van der Waals surface area contributed by atoms with Gasteiger partial charge in [0, 0.05) is 44.5 Å². The van der Waals surface area contributed by atoms with E-state index >= 15 is 0 Å². The van der Waals surface area contributed by atoms with E-state index in [9.17, 15) is 13.6 Å². The van der Waals surface area contributed by atoms with Gasteiger partial charge in [0.1, 0.15) is 6.54 Å². The van der Waals surface area contributed by atoms with E-state index in [-0.39, 0.29) is 12.5 Å². The minimum atomic E-state index is -0.834. The van der Waals surface area contributed by atoms with Gasteiger partial charge in [-0.05, 0) is 6.07 Å². The predicted octanol–water partition coefficient (Wildman–Crippen LogP) is 2.16. The second-order valence-electron chi connectivity index (χ2n) is 5.73. The van der Waals surface area contributed by atoms with Crippen LogP contribution >= 0.6 is 11.6 Å². The summed E-state index contributed by atoms with van der Waals surface area (Å²) in [5, 5.41) is 4.48. The highest BCUT2D eigenvalue weighted by Crippen LogP contribution is 2.15. The van der Waals surface area contributed by atoms with E-state index < -0.39 is 11.6 Å². The molecule has 128 valence electrons. The van der Waals surface area contributed by atoms with Crippen LogP contribution < -0.4 is 0 Å². The normalized spacial score (nSPS) is 15.7. The van der Waals surface area contributed by atoms with E-state index in [2.05, 4.69) is 5.10 Å². The fourth-order valence-electron chi connectivity index (χ4n) is 2.73. The maximum absolute atomic E-state index is 13.7. The summed E-state index contributed by atoms with van der Waals surface area (Å²) in [4.78, 5) is 16.0. The minimum Gasteiger partial charge on any atom is -0.339 e. The van der Waals surface area contributed by atoms with E-state index in [4.69, 9.17) is 11.6 Å². The van der Waals surface area contributed by atoms with Crippen molar-refractivity contribution in [1.82, 2.24) is 19.6 Å². The highest BCUT2D eigenvalue weighted by Gasteiger charge is 2.22. The van der Waals surface area contributed by atoms with E-state index in [0.29, 0.717) is 43.3 Å². The van der Waals surface area contributed by atoms with Crippen LogP contribution in [0.5, 0.6) is 0 Å². The SMILES string of the molecule is O=C(Cn1cc(Cl)cn1)N1CCN(Cc2cccc(F)c2F)CC1. The van der Waals surface area contributed by atoms with Crippen molar-refractivity contribution in [3.63, 3.8) is 0 Å². The van der Waals surface area contributed by atoms with Crippen LogP contribution in [0.15, 0.2) is 30.6 Å². The summed E-state index contributed by atoms with van der Waals surface area (Å²) in [5.74, 6) is -1.67. The molecule has 1 aliphatic rings. The minimum absolute atomic E-state index is 0.0358. The first-order chi connectivity index (χ1) is 11.5. The number of nitrogens with zero attached hydrogens (tertiary/aromatic N) is 4. The van der Waals surface area contributed by atoms with Gasteiger partial charge in [-0.25, -0.2) is 8.78 Å². The van der Waals surface area contributed by atoms with Crippen molar-refractivity contribution in [1.29, 1.82) is 0 Å². The molecule has 0 bridgehead atoms. The monoisotopic (exact) mass is 354 g/mol. The lowest BCUT2D eigenvalue weighted by atomic mass is 10.1. The zero-order chi connectivity index (χ0) is 17.1. The molecule has 0 unspecified atom stereocenters. The number of amides is 1. The van der Waals surface area contributed by atoms with E-state index in [1.807, 2.05) is 4.90 Å². The molecule has 2 heterocycles. The standard InChI is InChI=1S/C16H17ClF2N4O/c17-13-8-20-23(10-13)11-15(24)22-6-4-21(5-7-22)9-12-2-1-3-14(18)16(12)19/h1-3,8,10H,4-7,9,11H2. The molecule has 1 saturated heterocycles. The van der Waals surface area contributed by atoms with E-state index in [1.165, 1.54) is 16.9 Å². The number of halogens is 3. The molecule has 5 nitrogen and oxygen atoms in total. The van der Waals surface area contributed by atoms with E-state index in [0.717, 1.165) is 6.07 Å². The van der Waals surface area contributed by atoms with Crippen molar-refractivity contribution in [2.24, 2.45) is 0 Å². The summed E-state index contributed by atoms with van der Waals surface area (Å²) < 4.78 is 28.5. The number of hydrogen-bond acceptors (Lipinski definition) is 3. The van der Waals surface area contributed by atoms with Crippen LogP contribution in [0.3, 0.4) is 0 Å². The Morgan fingerprint density at radius 2 is 1.96 bits per heavy atom. The number of benzene rings is 1. The van der Waals surface area contributed by atoms with Crippen LogP contribution in [0, 0.1) is 11.6 Å². The molecule has 0 N–H and O–H groups in total. The fraction of sp³-hybridized carbons (Fsp3) is 0.375. The molecule has 1 aliphatic heterocycles. The van der Waals surface area contributed by atoms with Gasteiger partial charge >= 0.3 is 0 Å². The summed E-state index contributed by atoms with van der Waals surface area (Å²) >= 11 is 5.78. The van der Waals surface area contributed by atoms with Crippen molar-refractivity contribution < 1.29 is 13.6 Å². The molecule has 2 aromatic rings. The van der Waals surface area contributed by atoms with Gasteiger partial charge in [0.05, 0.1) is 11.2 Å². The Morgan fingerprint density at radius 1 is 1.21 bits per heavy atom. The molecular formula is C16H17ClF2N4O. The summed E-state index contributed by atoms with van der Waals surface area (Å²) in [6.07, 6.45) is 3.09. The zero-order valence-corrected chi connectivity index (χ0v) is 13.7. The lowest BCUT2D eigenvalue weighted by Crippen LogP contribution is -2.49. The van der Waals surface area contributed by atoms with E-state index in [1.54, 1.807) is 17.2 Å². The lowest BCUT2D eigenvalue weighted by Gasteiger charge is -2.34. The van der Waals surface area contributed by atoms with Crippen LogP contribution in [-0.2, 0) is 17.9 Å². The van der Waals surface area contributed by atoms with Crippen LogP contribution in [0.2, 0.25) is 5.02 Å². The molecular weight excluding hydrogens is 338 g/mol. The predicted molar refractivity (Wildman–Crippen MR) is 85.5 cm³/mol. The largest absolute Gasteiger partial charge is 0.339 e. The van der Waals surface area contributed by atoms with Gasteiger partial charge < -0.3 is 4.90 Å². The summed E-state index contributed by atoms with van der Waals surface area (Å²) in [6.45, 7) is 2.80. The first-order valence-electron chi connectivity index (χ1n) is 7.64. The third kappa shape index (κ3) is 3.91. The highest BCUT2D eigenvalue weighted by atomic mass is 35.5. The van der Waals surface area contributed by atoms with Gasteiger partial charge in [-0.3, -0.25) is 14.4 Å². The molecule has 0 atom stereocenters. The number of aromatic nitrogens is 2. The zero-order valence-electron chi connectivity index (χ0n) is 13.0.